The van der Waals surface area contributed by atoms with E-state index in [2.05, 4.69) is 4.98 Å². The van der Waals surface area contributed by atoms with Gasteiger partial charge in [0.25, 0.3) is 5.91 Å². The summed E-state index contributed by atoms with van der Waals surface area (Å²) in [4.78, 5) is 31.9. The summed E-state index contributed by atoms with van der Waals surface area (Å²) in [6.45, 7) is 4.19. The first kappa shape index (κ1) is 15.7. The Morgan fingerprint density at radius 1 is 1.35 bits per heavy atom. The van der Waals surface area contributed by atoms with E-state index in [0.29, 0.717) is 31.9 Å². The zero-order chi connectivity index (χ0) is 16.4. The van der Waals surface area contributed by atoms with Gasteiger partial charge in [0.05, 0.1) is 12.3 Å². The van der Waals surface area contributed by atoms with Gasteiger partial charge in [-0.3, -0.25) is 14.5 Å². The molecular weight excluding hydrogens is 316 g/mol. The normalized spacial score (nSPS) is 17.2. The predicted molar refractivity (Wildman–Crippen MR) is 85.9 cm³/mol. The van der Waals surface area contributed by atoms with Crippen LogP contribution in [0.25, 0.3) is 10.6 Å². The van der Waals surface area contributed by atoms with E-state index in [4.69, 9.17) is 10.2 Å². The molecule has 0 bridgehead atoms. The average Bonchev–Trinajstić information content (AvgIpc) is 3.24. The fraction of sp³-hybridized carbons (Fsp3) is 0.400. The highest BCUT2D eigenvalue weighted by atomic mass is 32.1. The Balaban J connectivity index is 1.63. The molecule has 3 heterocycles. The Hall–Kier alpha value is -2.19. The Kier molecular flexibility index (Phi) is 4.44. The van der Waals surface area contributed by atoms with Gasteiger partial charge in [-0.15, -0.1) is 11.3 Å². The third-order valence-electron chi connectivity index (χ3n) is 4.05. The molecule has 1 saturated heterocycles. The highest BCUT2D eigenvalue weighted by Gasteiger charge is 2.27. The van der Waals surface area contributed by atoms with Crippen molar-refractivity contribution < 1.29 is 14.0 Å². The number of thiazole rings is 1. The van der Waals surface area contributed by atoms with Crippen LogP contribution in [-0.2, 0) is 4.79 Å². The summed E-state index contributed by atoms with van der Waals surface area (Å²) in [7, 11) is 0. The van der Waals surface area contributed by atoms with Crippen molar-refractivity contribution in [3.63, 3.8) is 0 Å². The van der Waals surface area contributed by atoms with Crippen molar-refractivity contribution in [2.75, 3.05) is 26.2 Å². The number of amides is 2. The van der Waals surface area contributed by atoms with E-state index < -0.39 is 0 Å². The molecule has 0 unspecified atom stereocenters. The van der Waals surface area contributed by atoms with Crippen molar-refractivity contribution in [2.24, 2.45) is 5.73 Å². The molecule has 7 nitrogen and oxygen atoms in total. The van der Waals surface area contributed by atoms with Crippen molar-refractivity contribution in [2.45, 2.75) is 13.0 Å². The fourth-order valence-electron chi connectivity index (χ4n) is 2.54. The third kappa shape index (κ3) is 3.27. The van der Waals surface area contributed by atoms with E-state index in [9.17, 15) is 9.59 Å². The molecule has 2 aromatic rings. The van der Waals surface area contributed by atoms with Crippen LogP contribution in [0.2, 0.25) is 0 Å². The second-order valence-corrected chi connectivity index (χ2v) is 6.31. The number of piperazine rings is 1. The van der Waals surface area contributed by atoms with Crippen molar-refractivity contribution >= 4 is 23.2 Å². The lowest BCUT2D eigenvalue weighted by atomic mass is 10.2. The summed E-state index contributed by atoms with van der Waals surface area (Å²) >= 11 is 1.42. The maximum atomic E-state index is 12.5. The lowest BCUT2D eigenvalue weighted by Crippen LogP contribution is -2.54. The van der Waals surface area contributed by atoms with Crippen LogP contribution >= 0.6 is 11.3 Å². The van der Waals surface area contributed by atoms with E-state index in [1.165, 1.54) is 11.3 Å². The number of aromatic nitrogens is 1. The quantitative estimate of drug-likeness (QED) is 0.901. The number of hydrogen-bond acceptors (Lipinski definition) is 6. The minimum Gasteiger partial charge on any atom is -0.472 e. The largest absolute Gasteiger partial charge is 0.472 e. The number of hydrogen-bond donors (Lipinski definition) is 1. The maximum Gasteiger partial charge on any atom is 0.273 e. The Morgan fingerprint density at radius 2 is 2.09 bits per heavy atom. The van der Waals surface area contributed by atoms with Crippen LogP contribution in [-0.4, -0.2) is 58.8 Å². The van der Waals surface area contributed by atoms with E-state index in [1.54, 1.807) is 29.7 Å². The number of carbonyl (C=O) groups is 2. The van der Waals surface area contributed by atoms with E-state index in [1.807, 2.05) is 11.0 Å². The molecule has 1 aliphatic heterocycles. The van der Waals surface area contributed by atoms with Crippen molar-refractivity contribution in [3.05, 3.63) is 29.7 Å². The molecule has 0 aliphatic carbocycles. The Labute approximate surface area is 137 Å². The molecule has 2 N–H and O–H groups in total. The molecule has 1 atom stereocenters. The molecule has 2 aromatic heterocycles. The molecule has 1 fully saturated rings. The highest BCUT2D eigenvalue weighted by Crippen LogP contribution is 2.24. The number of primary amides is 1. The molecule has 0 spiro atoms. The molecule has 0 radical (unpaired) electrons. The zero-order valence-corrected chi connectivity index (χ0v) is 13.6. The minimum absolute atomic E-state index is 0.0811. The predicted octanol–water partition coefficient (Wildman–Crippen LogP) is 1.03. The topological polar surface area (TPSA) is 92.7 Å². The summed E-state index contributed by atoms with van der Waals surface area (Å²) < 4.78 is 5.04. The highest BCUT2D eigenvalue weighted by molar-refractivity contribution is 7.13. The molecule has 8 heteroatoms. The van der Waals surface area contributed by atoms with Crippen LogP contribution in [0.4, 0.5) is 0 Å². The molecule has 122 valence electrons. The first-order chi connectivity index (χ1) is 11.1. The minimum atomic E-state index is -0.339. The lowest BCUT2D eigenvalue weighted by molar-refractivity contribution is -0.123. The van der Waals surface area contributed by atoms with E-state index in [-0.39, 0.29) is 17.9 Å². The molecule has 2 amide bonds. The second kappa shape index (κ2) is 6.51. The van der Waals surface area contributed by atoms with Gasteiger partial charge in [-0.1, -0.05) is 0 Å². The van der Waals surface area contributed by atoms with Crippen molar-refractivity contribution in [1.82, 2.24) is 14.8 Å². The number of furan rings is 1. The van der Waals surface area contributed by atoms with Crippen LogP contribution in [0.1, 0.15) is 17.4 Å². The molecule has 0 aromatic carbocycles. The van der Waals surface area contributed by atoms with E-state index >= 15 is 0 Å². The Bertz CT molecular complexity index is 689. The number of nitrogens with two attached hydrogens (primary N) is 1. The fourth-order valence-corrected chi connectivity index (χ4v) is 3.33. The summed E-state index contributed by atoms with van der Waals surface area (Å²) in [5.41, 5.74) is 6.64. The van der Waals surface area contributed by atoms with Gasteiger partial charge in [-0.05, 0) is 13.0 Å². The SMILES string of the molecule is C[C@@H](C(N)=O)N1CCN(C(=O)c2csc(-c3ccoc3)n2)CC1. The zero-order valence-electron chi connectivity index (χ0n) is 12.8. The molecule has 23 heavy (non-hydrogen) atoms. The van der Waals surface area contributed by atoms with E-state index in [0.717, 1.165) is 10.6 Å². The third-order valence-corrected chi connectivity index (χ3v) is 4.94. The van der Waals surface area contributed by atoms with Gasteiger partial charge >= 0.3 is 0 Å². The van der Waals surface area contributed by atoms with Gasteiger partial charge in [0.15, 0.2) is 0 Å². The average molecular weight is 334 g/mol. The molecule has 0 saturated carbocycles. The van der Waals surface area contributed by atoms with Crippen molar-refractivity contribution in [1.29, 1.82) is 0 Å². The Morgan fingerprint density at radius 3 is 2.70 bits per heavy atom. The lowest BCUT2D eigenvalue weighted by Gasteiger charge is -2.36. The summed E-state index contributed by atoms with van der Waals surface area (Å²) in [6.07, 6.45) is 3.19. The van der Waals surface area contributed by atoms with Gasteiger partial charge < -0.3 is 15.1 Å². The van der Waals surface area contributed by atoms with Crippen LogP contribution in [0, 0.1) is 0 Å². The first-order valence-corrected chi connectivity index (χ1v) is 8.25. The van der Waals surface area contributed by atoms with Gasteiger partial charge in [0.2, 0.25) is 5.91 Å². The van der Waals surface area contributed by atoms with Crippen LogP contribution in [0.15, 0.2) is 28.4 Å². The van der Waals surface area contributed by atoms with Gasteiger partial charge in [0.1, 0.15) is 17.0 Å². The second-order valence-electron chi connectivity index (χ2n) is 5.46. The van der Waals surface area contributed by atoms with Crippen LogP contribution < -0.4 is 5.73 Å². The van der Waals surface area contributed by atoms with Crippen molar-refractivity contribution in [3.8, 4) is 10.6 Å². The van der Waals surface area contributed by atoms with Crippen LogP contribution in [0.5, 0.6) is 0 Å². The van der Waals surface area contributed by atoms with Gasteiger partial charge in [-0.25, -0.2) is 4.98 Å². The molecule has 3 rings (SSSR count). The monoisotopic (exact) mass is 334 g/mol. The standard InChI is InChI=1S/C15H18N4O3S/c1-10(13(16)20)18-3-5-19(6-4-18)15(21)12-9-23-14(17-12)11-2-7-22-8-11/h2,7-10H,3-6H2,1H3,(H2,16,20)/t10-/m0/s1. The van der Waals surface area contributed by atoms with Crippen LogP contribution in [0.3, 0.4) is 0 Å². The number of nitrogens with zero attached hydrogens (tertiary/aromatic N) is 3. The first-order valence-electron chi connectivity index (χ1n) is 7.37. The molecule has 1 aliphatic rings. The summed E-state index contributed by atoms with van der Waals surface area (Å²) in [5.74, 6) is -0.420. The van der Waals surface area contributed by atoms with Gasteiger partial charge in [0, 0.05) is 37.1 Å². The summed E-state index contributed by atoms with van der Waals surface area (Å²) in [5, 5.41) is 2.53. The smallest absolute Gasteiger partial charge is 0.273 e. The van der Waals surface area contributed by atoms with Gasteiger partial charge in [-0.2, -0.15) is 0 Å². The number of carbonyl (C=O) groups excluding carboxylic acids is 2. The molecular formula is C15H18N4O3S. The summed E-state index contributed by atoms with van der Waals surface area (Å²) in [6, 6.07) is 1.51. The number of rotatable bonds is 4. The maximum absolute atomic E-state index is 12.5.